The quantitative estimate of drug-likeness (QED) is 0.391. The van der Waals surface area contributed by atoms with E-state index in [0.717, 1.165) is 29.0 Å². The average molecular weight is 486 g/mol. The van der Waals surface area contributed by atoms with Crippen molar-refractivity contribution >= 4 is 28.3 Å². The number of phenols is 1. The van der Waals surface area contributed by atoms with E-state index in [2.05, 4.69) is 15.5 Å². The van der Waals surface area contributed by atoms with E-state index in [1.165, 1.54) is 30.6 Å². The van der Waals surface area contributed by atoms with Crippen LogP contribution in [0.4, 0.5) is 5.13 Å². The molecule has 0 unspecified atom stereocenters. The molecule has 0 saturated heterocycles. The Balaban J connectivity index is 1.35. The highest BCUT2D eigenvalue weighted by atomic mass is 32.1. The van der Waals surface area contributed by atoms with Crippen LogP contribution in [0.2, 0.25) is 0 Å². The molecule has 2 heterocycles. The highest BCUT2D eigenvalue weighted by Gasteiger charge is 2.31. The number of methoxy groups -OCH3 is 1. The van der Waals surface area contributed by atoms with Gasteiger partial charge in [-0.1, -0.05) is 42.2 Å². The number of rotatable bonds is 8. The lowest BCUT2D eigenvalue weighted by Gasteiger charge is -2.18. The minimum atomic E-state index is -0.514. The summed E-state index contributed by atoms with van der Waals surface area (Å²) in [7, 11) is 1.54. The van der Waals surface area contributed by atoms with Crippen molar-refractivity contribution in [1.29, 1.82) is 0 Å². The normalized spacial score (nSPS) is 16.3. The molecule has 8 nitrogen and oxygen atoms in total. The first-order chi connectivity index (χ1) is 16.4. The number of benzene rings is 1. The van der Waals surface area contributed by atoms with Gasteiger partial charge < -0.3 is 19.9 Å². The molecular weight excluding hydrogens is 454 g/mol. The van der Waals surface area contributed by atoms with Crippen LogP contribution in [0.25, 0.3) is 0 Å². The first kappa shape index (κ1) is 24.2. The zero-order valence-electron chi connectivity index (χ0n) is 19.9. The van der Waals surface area contributed by atoms with E-state index in [1.807, 2.05) is 19.9 Å². The molecule has 1 aliphatic heterocycles. The molecule has 1 saturated carbocycles. The lowest BCUT2D eigenvalue weighted by atomic mass is 9.90. The van der Waals surface area contributed by atoms with Crippen molar-refractivity contribution in [3.05, 3.63) is 38.9 Å². The van der Waals surface area contributed by atoms with Crippen LogP contribution in [0, 0.1) is 6.92 Å². The first-order valence-corrected chi connectivity index (χ1v) is 12.6. The summed E-state index contributed by atoms with van der Waals surface area (Å²) in [4.78, 5) is 24.5. The molecule has 2 aromatic rings. The summed E-state index contributed by atoms with van der Waals surface area (Å²) in [5.74, 6) is 0.323. The number of cyclic esters (lactones) is 1. The van der Waals surface area contributed by atoms with Crippen molar-refractivity contribution in [3.63, 3.8) is 0 Å². The smallest absolute Gasteiger partial charge is 0.342 e. The SMILES string of the molecule is COc1c(C)c2c(c(O)c1CC=C(C)CCC(=O)Nc1nnc(C3CCCCC3)s1)C(=O)OC2. The van der Waals surface area contributed by atoms with Crippen LogP contribution in [0.1, 0.15) is 89.8 Å². The molecule has 1 aliphatic carbocycles. The second-order valence-corrected chi connectivity index (χ2v) is 10.0. The van der Waals surface area contributed by atoms with Crippen LogP contribution in [-0.2, 0) is 22.6 Å². The molecule has 0 spiro atoms. The van der Waals surface area contributed by atoms with E-state index in [1.54, 1.807) is 7.11 Å². The average Bonchev–Trinajstić information content (AvgIpc) is 3.46. The maximum Gasteiger partial charge on any atom is 0.342 e. The second kappa shape index (κ2) is 10.5. The van der Waals surface area contributed by atoms with Gasteiger partial charge in [0.15, 0.2) is 0 Å². The van der Waals surface area contributed by atoms with Gasteiger partial charge in [-0.2, -0.15) is 0 Å². The fourth-order valence-electron chi connectivity index (χ4n) is 4.70. The molecular formula is C25H31N3O5S. The van der Waals surface area contributed by atoms with E-state index in [-0.39, 0.29) is 23.8 Å². The zero-order valence-corrected chi connectivity index (χ0v) is 20.7. The Morgan fingerprint density at radius 1 is 1.26 bits per heavy atom. The number of aromatic nitrogens is 2. The van der Waals surface area contributed by atoms with E-state index >= 15 is 0 Å². The largest absolute Gasteiger partial charge is 0.507 e. The summed E-state index contributed by atoms with van der Waals surface area (Å²) in [5, 5.41) is 23.6. The highest BCUT2D eigenvalue weighted by molar-refractivity contribution is 7.15. The van der Waals surface area contributed by atoms with E-state index in [4.69, 9.17) is 9.47 Å². The van der Waals surface area contributed by atoms with Crippen molar-refractivity contribution in [2.45, 2.75) is 77.7 Å². The molecule has 1 fully saturated rings. The zero-order chi connectivity index (χ0) is 24.2. The van der Waals surface area contributed by atoms with E-state index in [0.29, 0.717) is 47.2 Å². The van der Waals surface area contributed by atoms with Crippen molar-refractivity contribution < 1.29 is 24.2 Å². The number of hydrogen-bond donors (Lipinski definition) is 2. The Morgan fingerprint density at radius 2 is 2.03 bits per heavy atom. The number of anilines is 1. The molecule has 34 heavy (non-hydrogen) atoms. The number of hydrogen-bond acceptors (Lipinski definition) is 8. The van der Waals surface area contributed by atoms with Gasteiger partial charge in [0, 0.05) is 23.5 Å². The number of carbonyl (C=O) groups is 2. The summed E-state index contributed by atoms with van der Waals surface area (Å²) in [6.07, 6.45) is 9.27. The van der Waals surface area contributed by atoms with Gasteiger partial charge in [-0.3, -0.25) is 4.79 Å². The third-order valence-corrected chi connectivity index (χ3v) is 7.69. The van der Waals surface area contributed by atoms with Crippen LogP contribution in [0.5, 0.6) is 11.5 Å². The lowest BCUT2D eigenvalue weighted by Crippen LogP contribution is -2.11. The Kier molecular flexibility index (Phi) is 7.50. The summed E-state index contributed by atoms with van der Waals surface area (Å²) in [6, 6.07) is 0. The van der Waals surface area contributed by atoms with Gasteiger partial charge in [0.2, 0.25) is 11.0 Å². The van der Waals surface area contributed by atoms with Gasteiger partial charge in [0.25, 0.3) is 0 Å². The monoisotopic (exact) mass is 485 g/mol. The standard InChI is InChI=1S/C25H31N3O5S/c1-14(9-11-17-21(30)20-18(13-33-24(20)31)15(2)22(17)32-3)10-12-19(29)26-25-28-27-23(34-25)16-7-5-4-6-8-16/h9,16,30H,4-8,10-13H2,1-3H3,(H,26,28,29). The molecule has 0 bridgehead atoms. The number of aromatic hydroxyl groups is 1. The minimum absolute atomic E-state index is 0.0909. The van der Waals surface area contributed by atoms with Crippen molar-refractivity contribution in [3.8, 4) is 11.5 Å². The predicted octanol–water partition coefficient (Wildman–Crippen LogP) is 5.19. The third-order valence-electron chi connectivity index (χ3n) is 6.69. The van der Waals surface area contributed by atoms with Gasteiger partial charge in [-0.15, -0.1) is 10.2 Å². The van der Waals surface area contributed by atoms with Crippen LogP contribution >= 0.6 is 11.3 Å². The van der Waals surface area contributed by atoms with Crippen LogP contribution < -0.4 is 10.1 Å². The third kappa shape index (κ3) is 5.09. The number of ether oxygens (including phenoxy) is 2. The molecule has 2 N–H and O–H groups in total. The number of fused-ring (bicyclic) bond motifs is 1. The predicted molar refractivity (Wildman–Crippen MR) is 130 cm³/mol. The van der Waals surface area contributed by atoms with Gasteiger partial charge in [-0.05, 0) is 45.1 Å². The molecule has 1 aromatic heterocycles. The Morgan fingerprint density at radius 3 is 2.76 bits per heavy atom. The Bertz CT molecular complexity index is 1120. The topological polar surface area (TPSA) is 111 Å². The number of allylic oxidation sites excluding steroid dienone is 2. The van der Waals surface area contributed by atoms with E-state index < -0.39 is 5.97 Å². The minimum Gasteiger partial charge on any atom is -0.507 e. The van der Waals surface area contributed by atoms with Crippen LogP contribution in [0.3, 0.4) is 0 Å². The second-order valence-electron chi connectivity index (χ2n) is 9.00. The number of nitrogens with zero attached hydrogens (tertiary/aromatic N) is 2. The fraction of sp³-hybridized carbons (Fsp3) is 0.520. The molecule has 182 valence electrons. The molecule has 2 aliphatic rings. The maximum absolute atomic E-state index is 12.4. The molecule has 0 radical (unpaired) electrons. The van der Waals surface area contributed by atoms with Crippen molar-refractivity contribution in [2.75, 3.05) is 12.4 Å². The fourth-order valence-corrected chi connectivity index (χ4v) is 5.63. The molecule has 1 aromatic carbocycles. The number of nitrogens with one attached hydrogen (secondary N) is 1. The number of amides is 1. The van der Waals surface area contributed by atoms with Gasteiger partial charge >= 0.3 is 5.97 Å². The Hall–Kier alpha value is -2.94. The molecule has 0 atom stereocenters. The van der Waals surface area contributed by atoms with Gasteiger partial charge in [0.1, 0.15) is 28.7 Å². The number of phenolic OH excluding ortho intramolecular Hbond substituents is 1. The summed E-state index contributed by atoms with van der Waals surface area (Å²) >= 11 is 1.48. The summed E-state index contributed by atoms with van der Waals surface area (Å²) in [5.41, 5.74) is 3.24. The van der Waals surface area contributed by atoms with Gasteiger partial charge in [-0.25, -0.2) is 4.79 Å². The van der Waals surface area contributed by atoms with Crippen molar-refractivity contribution in [2.24, 2.45) is 0 Å². The molecule has 4 rings (SSSR count). The highest BCUT2D eigenvalue weighted by Crippen LogP contribution is 2.42. The molecule has 9 heteroatoms. The molecule has 1 amide bonds. The van der Waals surface area contributed by atoms with E-state index in [9.17, 15) is 14.7 Å². The lowest BCUT2D eigenvalue weighted by molar-refractivity contribution is -0.116. The maximum atomic E-state index is 12.4. The Labute approximate surface area is 203 Å². The number of carbonyl (C=O) groups excluding carboxylic acids is 2. The van der Waals surface area contributed by atoms with Gasteiger partial charge in [0.05, 0.1) is 7.11 Å². The van der Waals surface area contributed by atoms with Crippen molar-refractivity contribution in [1.82, 2.24) is 10.2 Å². The summed E-state index contributed by atoms with van der Waals surface area (Å²) in [6.45, 7) is 3.94. The first-order valence-electron chi connectivity index (χ1n) is 11.8. The van der Waals surface area contributed by atoms with Crippen LogP contribution in [-0.4, -0.2) is 34.3 Å². The summed E-state index contributed by atoms with van der Waals surface area (Å²) < 4.78 is 10.6. The van der Waals surface area contributed by atoms with Crippen LogP contribution in [0.15, 0.2) is 11.6 Å². The number of esters is 1.